The van der Waals surface area contributed by atoms with E-state index in [-0.39, 0.29) is 6.09 Å². The number of nitrogens with one attached hydrogen (secondary N) is 2. The van der Waals surface area contributed by atoms with Crippen LogP contribution in [0.15, 0.2) is 18.2 Å². The molecule has 5 nitrogen and oxygen atoms in total. The van der Waals surface area contributed by atoms with E-state index in [2.05, 4.69) is 28.8 Å². The fraction of sp³-hybridized carbons (Fsp3) is 0.588. The molecule has 1 amide bonds. The monoisotopic (exact) mass is 303 g/mol. The molecule has 1 atom stereocenters. The molecule has 0 saturated carbocycles. The largest absolute Gasteiger partial charge is 0.444 e. The first kappa shape index (κ1) is 15.2. The van der Waals surface area contributed by atoms with Gasteiger partial charge in [0, 0.05) is 37.9 Å². The summed E-state index contributed by atoms with van der Waals surface area (Å²) in [6.45, 7) is 9.01. The second-order valence-corrected chi connectivity index (χ2v) is 7.10. The molecule has 2 aliphatic heterocycles. The minimum atomic E-state index is -0.436. The van der Waals surface area contributed by atoms with Gasteiger partial charge in [-0.2, -0.15) is 0 Å². The van der Waals surface area contributed by atoms with E-state index in [4.69, 9.17) is 4.74 Å². The Morgan fingerprint density at radius 2 is 2.18 bits per heavy atom. The molecule has 0 spiro atoms. The van der Waals surface area contributed by atoms with Crippen molar-refractivity contribution >= 4 is 11.8 Å². The molecule has 0 bridgehead atoms. The Morgan fingerprint density at radius 1 is 1.36 bits per heavy atom. The van der Waals surface area contributed by atoms with Gasteiger partial charge in [-0.3, -0.25) is 0 Å². The van der Waals surface area contributed by atoms with E-state index in [9.17, 15) is 4.79 Å². The van der Waals surface area contributed by atoms with Gasteiger partial charge in [-0.15, -0.1) is 0 Å². The lowest BCUT2D eigenvalue weighted by Gasteiger charge is -2.24. The molecule has 2 N–H and O–H groups in total. The normalized spacial score (nSPS) is 20.9. The smallest absolute Gasteiger partial charge is 0.410 e. The number of nitrogens with zero attached hydrogens (tertiary/aromatic N) is 1. The van der Waals surface area contributed by atoms with Gasteiger partial charge in [0.05, 0.1) is 0 Å². The molecule has 1 aromatic rings. The predicted molar refractivity (Wildman–Crippen MR) is 86.8 cm³/mol. The molecule has 2 aliphatic rings. The minimum Gasteiger partial charge on any atom is -0.444 e. The molecule has 0 aromatic heterocycles. The van der Waals surface area contributed by atoms with E-state index in [1.807, 2.05) is 20.8 Å². The number of rotatable bonds is 2. The van der Waals surface area contributed by atoms with E-state index in [0.717, 1.165) is 26.1 Å². The number of fused-ring (bicyclic) bond motifs is 1. The van der Waals surface area contributed by atoms with Crippen LogP contribution in [0.2, 0.25) is 0 Å². The van der Waals surface area contributed by atoms with Crippen molar-refractivity contribution in [1.82, 2.24) is 10.2 Å². The molecule has 2 heterocycles. The third-order valence-corrected chi connectivity index (χ3v) is 4.09. The van der Waals surface area contributed by atoms with Crippen LogP contribution in [0.1, 0.15) is 38.3 Å². The van der Waals surface area contributed by atoms with E-state index in [0.29, 0.717) is 12.6 Å². The first-order valence-electron chi connectivity index (χ1n) is 7.98. The number of carbonyl (C=O) groups is 1. The summed E-state index contributed by atoms with van der Waals surface area (Å²) >= 11 is 0. The molecule has 5 heteroatoms. The zero-order chi connectivity index (χ0) is 15.7. The second kappa shape index (κ2) is 5.80. The van der Waals surface area contributed by atoms with Crippen molar-refractivity contribution in [1.29, 1.82) is 0 Å². The van der Waals surface area contributed by atoms with Crippen LogP contribution in [0.25, 0.3) is 0 Å². The highest BCUT2D eigenvalue weighted by atomic mass is 16.6. The van der Waals surface area contributed by atoms with Gasteiger partial charge in [0.25, 0.3) is 0 Å². The summed E-state index contributed by atoms with van der Waals surface area (Å²) in [6, 6.07) is 6.68. The van der Waals surface area contributed by atoms with Crippen molar-refractivity contribution in [2.45, 2.75) is 51.9 Å². The summed E-state index contributed by atoms with van der Waals surface area (Å²) in [5.74, 6) is 0. The van der Waals surface area contributed by atoms with Crippen LogP contribution in [0.3, 0.4) is 0 Å². The highest BCUT2D eigenvalue weighted by Gasteiger charge is 2.30. The van der Waals surface area contributed by atoms with Gasteiger partial charge in [-0.1, -0.05) is 12.1 Å². The fourth-order valence-corrected chi connectivity index (χ4v) is 3.06. The van der Waals surface area contributed by atoms with E-state index in [1.165, 1.54) is 16.8 Å². The van der Waals surface area contributed by atoms with Crippen LogP contribution >= 0.6 is 0 Å². The molecule has 1 unspecified atom stereocenters. The molecule has 0 radical (unpaired) electrons. The molecule has 1 aromatic carbocycles. The predicted octanol–water partition coefficient (Wildman–Crippen LogP) is 2.71. The van der Waals surface area contributed by atoms with Gasteiger partial charge in [-0.25, -0.2) is 4.79 Å². The minimum absolute atomic E-state index is 0.211. The fourth-order valence-electron chi connectivity index (χ4n) is 3.06. The van der Waals surface area contributed by atoms with Crippen LogP contribution in [-0.2, 0) is 17.8 Å². The van der Waals surface area contributed by atoms with Crippen molar-refractivity contribution in [2.75, 3.05) is 18.4 Å². The number of likely N-dealkylation sites (tertiary alicyclic amines) is 1. The van der Waals surface area contributed by atoms with Gasteiger partial charge < -0.3 is 20.3 Å². The lowest BCUT2D eigenvalue weighted by Crippen LogP contribution is -2.36. The Balaban J connectivity index is 1.60. The zero-order valence-corrected chi connectivity index (χ0v) is 13.6. The quantitative estimate of drug-likeness (QED) is 0.882. The van der Waals surface area contributed by atoms with Gasteiger partial charge in [0.15, 0.2) is 0 Å². The average Bonchev–Trinajstić information content (AvgIpc) is 3.05. The van der Waals surface area contributed by atoms with Crippen molar-refractivity contribution in [3.05, 3.63) is 29.3 Å². The zero-order valence-electron chi connectivity index (χ0n) is 13.6. The first-order chi connectivity index (χ1) is 10.4. The van der Waals surface area contributed by atoms with Gasteiger partial charge >= 0.3 is 6.09 Å². The number of amides is 1. The van der Waals surface area contributed by atoms with Crippen molar-refractivity contribution < 1.29 is 9.53 Å². The number of benzene rings is 1. The summed E-state index contributed by atoms with van der Waals surface area (Å²) in [5, 5.41) is 6.98. The van der Waals surface area contributed by atoms with Gasteiger partial charge in [0.2, 0.25) is 0 Å². The van der Waals surface area contributed by atoms with Crippen LogP contribution < -0.4 is 10.6 Å². The Hall–Kier alpha value is -1.75. The van der Waals surface area contributed by atoms with Gasteiger partial charge in [-0.05, 0) is 44.4 Å². The lowest BCUT2D eigenvalue weighted by molar-refractivity contribution is 0.0293. The third-order valence-electron chi connectivity index (χ3n) is 4.09. The van der Waals surface area contributed by atoms with Crippen molar-refractivity contribution in [3.63, 3.8) is 0 Å². The standard InChI is InChI=1S/C17H25N3O2/c1-17(2,3)22-16(21)20-8-7-13(11-20)19-15-6-4-5-12-9-18-10-14(12)15/h4-6,13,18-19H,7-11H2,1-3H3. The number of hydrogen-bond acceptors (Lipinski definition) is 4. The van der Waals surface area contributed by atoms with E-state index < -0.39 is 5.60 Å². The molecule has 3 rings (SSSR count). The molecule has 22 heavy (non-hydrogen) atoms. The van der Waals surface area contributed by atoms with Crippen LogP contribution in [-0.4, -0.2) is 35.7 Å². The maximum absolute atomic E-state index is 12.1. The lowest BCUT2D eigenvalue weighted by atomic mass is 10.1. The number of ether oxygens (including phenoxy) is 1. The Kier molecular flexibility index (Phi) is 4.00. The first-order valence-corrected chi connectivity index (χ1v) is 7.98. The van der Waals surface area contributed by atoms with Crippen molar-refractivity contribution in [2.24, 2.45) is 0 Å². The summed E-state index contributed by atoms with van der Waals surface area (Å²) in [6.07, 6.45) is 0.743. The average molecular weight is 303 g/mol. The van der Waals surface area contributed by atoms with E-state index >= 15 is 0 Å². The van der Waals surface area contributed by atoms with E-state index in [1.54, 1.807) is 4.90 Å². The topological polar surface area (TPSA) is 53.6 Å². The molecule has 120 valence electrons. The third kappa shape index (κ3) is 3.35. The summed E-state index contributed by atoms with van der Waals surface area (Å²) in [5.41, 5.74) is 3.48. The number of anilines is 1. The Morgan fingerprint density at radius 3 is 2.95 bits per heavy atom. The molecule has 0 aliphatic carbocycles. The summed E-state index contributed by atoms with van der Waals surface area (Å²) in [7, 11) is 0. The molecular formula is C17H25N3O2. The highest BCUT2D eigenvalue weighted by molar-refractivity contribution is 5.69. The SMILES string of the molecule is CC(C)(C)OC(=O)N1CCC(Nc2cccc3c2CNC3)C1. The summed E-state index contributed by atoms with van der Waals surface area (Å²) < 4.78 is 5.44. The maximum atomic E-state index is 12.1. The Bertz CT molecular complexity index is 566. The maximum Gasteiger partial charge on any atom is 0.410 e. The van der Waals surface area contributed by atoms with Gasteiger partial charge in [0.1, 0.15) is 5.60 Å². The summed E-state index contributed by atoms with van der Waals surface area (Å²) in [4.78, 5) is 13.9. The van der Waals surface area contributed by atoms with Crippen LogP contribution in [0.4, 0.5) is 10.5 Å². The van der Waals surface area contributed by atoms with Crippen LogP contribution in [0, 0.1) is 0 Å². The van der Waals surface area contributed by atoms with Crippen LogP contribution in [0.5, 0.6) is 0 Å². The molecule has 1 saturated heterocycles. The Labute approximate surface area is 132 Å². The highest BCUT2D eigenvalue weighted by Crippen LogP contribution is 2.26. The molecule has 1 fully saturated rings. The number of carbonyl (C=O) groups excluding carboxylic acids is 1. The molecular weight excluding hydrogens is 278 g/mol. The number of hydrogen-bond donors (Lipinski definition) is 2. The van der Waals surface area contributed by atoms with Crippen molar-refractivity contribution in [3.8, 4) is 0 Å². The second-order valence-electron chi connectivity index (χ2n) is 7.10.